The number of aliphatic carboxylic acids is 1. The van der Waals surface area contributed by atoms with E-state index in [-0.39, 0.29) is 56.7 Å². The van der Waals surface area contributed by atoms with E-state index in [1.165, 1.54) is 0 Å². The Kier molecular flexibility index (Phi) is 8.40. The Labute approximate surface area is 262 Å². The summed E-state index contributed by atoms with van der Waals surface area (Å²) < 4.78 is 19.6. The summed E-state index contributed by atoms with van der Waals surface area (Å²) in [5.74, 6) is 0.606. The molecule has 5 aliphatic rings. The topological polar surface area (TPSA) is 91.0 Å². The molecule has 4 fully saturated rings. The molecule has 2 bridgehead atoms. The molecule has 1 heterocycles. The summed E-state index contributed by atoms with van der Waals surface area (Å²) >= 11 is 0. The molecule has 1 aliphatic heterocycles. The Bertz CT molecular complexity index is 1110. The lowest BCUT2D eigenvalue weighted by atomic mass is 9.34. The molecule has 6 nitrogen and oxygen atoms in total. The first-order valence-corrected chi connectivity index (χ1v) is 17.2. The molecular weight excluding hydrogens is 538 g/mol. The Balaban J connectivity index is 1.54. The van der Waals surface area contributed by atoms with Crippen molar-refractivity contribution >= 4 is 5.97 Å². The van der Waals surface area contributed by atoms with Crippen molar-refractivity contribution < 1.29 is 24.1 Å². The lowest BCUT2D eigenvalue weighted by Crippen LogP contribution is -2.70. The van der Waals surface area contributed by atoms with Crippen molar-refractivity contribution in [2.45, 2.75) is 126 Å². The minimum absolute atomic E-state index is 0.0329. The Morgan fingerprint density at radius 2 is 1.77 bits per heavy atom. The third-order valence-corrected chi connectivity index (χ3v) is 14.9. The molecule has 12 atom stereocenters. The maximum absolute atomic E-state index is 13.3. The van der Waals surface area contributed by atoms with Gasteiger partial charge in [-0.2, -0.15) is 0 Å². The third kappa shape index (κ3) is 4.65. The Morgan fingerprint density at radius 1 is 1.09 bits per heavy atom. The van der Waals surface area contributed by atoms with Crippen LogP contribution in [0.2, 0.25) is 0 Å². The molecule has 0 radical (unpaired) electrons. The Morgan fingerprint density at radius 3 is 2.35 bits per heavy atom. The first kappa shape index (κ1) is 33.4. The molecule has 43 heavy (non-hydrogen) atoms. The van der Waals surface area contributed by atoms with E-state index in [0.29, 0.717) is 36.9 Å². The van der Waals surface area contributed by atoms with Gasteiger partial charge >= 0.3 is 5.97 Å². The zero-order valence-electron chi connectivity index (χ0n) is 29.2. The van der Waals surface area contributed by atoms with E-state index < -0.39 is 5.97 Å². The van der Waals surface area contributed by atoms with Crippen molar-refractivity contribution in [3.63, 3.8) is 0 Å². The molecule has 3 N–H and O–H groups in total. The number of methoxy groups -OCH3 is 1. The van der Waals surface area contributed by atoms with Crippen LogP contribution in [0.15, 0.2) is 11.6 Å². The fraction of sp³-hybridized carbons (Fsp3) is 0.919. The SMILES string of the molecule is CO[C@@H]1C[C@@]23COC[C@@](C)([C@@H]2CC[C@H]2C3=CC[C@@]3(C)[C@H](C(=O)O)[C@@](C)([C@H](C)C(C)C)CC[C@]23C)[C@H]1OC[C@@H](N)C(C)(C)C. The normalized spacial score (nSPS) is 47.6. The van der Waals surface area contributed by atoms with Crippen molar-refractivity contribution in [3.05, 3.63) is 11.6 Å². The van der Waals surface area contributed by atoms with Gasteiger partial charge in [0.1, 0.15) is 0 Å². The van der Waals surface area contributed by atoms with Crippen LogP contribution in [0.5, 0.6) is 0 Å². The van der Waals surface area contributed by atoms with Crippen molar-refractivity contribution in [2.75, 3.05) is 26.9 Å². The average molecular weight is 602 g/mol. The fourth-order valence-electron chi connectivity index (χ4n) is 11.5. The molecule has 0 spiro atoms. The fourth-order valence-corrected chi connectivity index (χ4v) is 11.5. The summed E-state index contributed by atoms with van der Waals surface area (Å²) in [6, 6.07) is -0.0585. The number of carbonyl (C=O) groups is 1. The van der Waals surface area contributed by atoms with Crippen LogP contribution in [0, 0.1) is 62.1 Å². The molecule has 4 aliphatic carbocycles. The average Bonchev–Trinajstić information content (AvgIpc) is 2.91. The predicted octanol–water partition coefficient (Wildman–Crippen LogP) is 7.35. The van der Waals surface area contributed by atoms with Gasteiger partial charge in [0, 0.05) is 24.0 Å². The van der Waals surface area contributed by atoms with Gasteiger partial charge in [0.2, 0.25) is 0 Å². The second-order valence-corrected chi connectivity index (χ2v) is 18.1. The molecular formula is C37H63NO5. The summed E-state index contributed by atoms with van der Waals surface area (Å²) in [7, 11) is 1.84. The number of hydrogen-bond acceptors (Lipinski definition) is 5. The molecule has 0 aromatic carbocycles. The van der Waals surface area contributed by atoms with E-state index in [1.54, 1.807) is 5.57 Å². The summed E-state index contributed by atoms with van der Waals surface area (Å²) in [4.78, 5) is 13.3. The maximum Gasteiger partial charge on any atom is 0.307 e. The number of fused-ring (bicyclic) bond motifs is 3. The van der Waals surface area contributed by atoms with Crippen molar-refractivity contribution in [1.29, 1.82) is 0 Å². The summed E-state index contributed by atoms with van der Waals surface area (Å²) in [6.07, 6.45) is 8.37. The van der Waals surface area contributed by atoms with Crippen LogP contribution in [0.1, 0.15) is 108 Å². The van der Waals surface area contributed by atoms with Gasteiger partial charge in [-0.1, -0.05) is 80.9 Å². The van der Waals surface area contributed by atoms with Crippen LogP contribution in [0.4, 0.5) is 0 Å². The van der Waals surface area contributed by atoms with Crippen LogP contribution in [-0.4, -0.2) is 56.3 Å². The van der Waals surface area contributed by atoms with Gasteiger partial charge in [0.15, 0.2) is 0 Å². The molecule has 0 aromatic heterocycles. The second-order valence-electron chi connectivity index (χ2n) is 18.1. The van der Waals surface area contributed by atoms with Gasteiger partial charge in [-0.05, 0) is 83.9 Å². The number of allylic oxidation sites excluding steroid dienone is 1. The van der Waals surface area contributed by atoms with E-state index in [4.69, 9.17) is 19.9 Å². The zero-order valence-corrected chi connectivity index (χ0v) is 29.2. The van der Waals surface area contributed by atoms with E-state index in [9.17, 15) is 9.90 Å². The number of nitrogens with two attached hydrogens (primary N) is 1. The molecule has 0 unspecified atom stereocenters. The number of ether oxygens (including phenoxy) is 3. The lowest BCUT2D eigenvalue weighted by Gasteiger charge is -2.71. The van der Waals surface area contributed by atoms with E-state index >= 15 is 0 Å². The van der Waals surface area contributed by atoms with Gasteiger partial charge in [0.25, 0.3) is 0 Å². The van der Waals surface area contributed by atoms with E-state index in [0.717, 1.165) is 45.1 Å². The van der Waals surface area contributed by atoms with Crippen molar-refractivity contribution in [2.24, 2.45) is 67.8 Å². The molecule has 0 aromatic rings. The molecule has 1 saturated heterocycles. The monoisotopic (exact) mass is 601 g/mol. The van der Waals surface area contributed by atoms with E-state index in [1.807, 2.05) is 7.11 Å². The minimum atomic E-state index is -0.605. The van der Waals surface area contributed by atoms with Crippen LogP contribution in [-0.2, 0) is 19.0 Å². The minimum Gasteiger partial charge on any atom is -0.481 e. The molecule has 3 saturated carbocycles. The predicted molar refractivity (Wildman–Crippen MR) is 172 cm³/mol. The van der Waals surface area contributed by atoms with Gasteiger partial charge in [-0.3, -0.25) is 4.79 Å². The standard InChI is InChI=1S/C37H63NO5/c1-22(2)23(3)33(7)16-17-35(9)24-12-13-27-34(8)20-42-21-37(27,25(24)14-15-36(35,10)29(33)31(39)40)18-26(41-11)30(34)43-19-28(38)32(4,5)6/h14,22-24,26-30H,12-13,15-21,38H2,1-11H3,(H,39,40)/t23-,24+,26-,27+,28-,29-,30+,33-,34+,35-,36+,37+/m1/s1. The van der Waals surface area contributed by atoms with E-state index in [2.05, 4.69) is 75.3 Å². The highest BCUT2D eigenvalue weighted by Crippen LogP contribution is 2.75. The largest absolute Gasteiger partial charge is 0.481 e. The van der Waals surface area contributed by atoms with Crippen LogP contribution in [0.25, 0.3) is 0 Å². The van der Waals surface area contributed by atoms with Gasteiger partial charge in [0.05, 0.1) is 37.9 Å². The molecule has 6 heteroatoms. The summed E-state index contributed by atoms with van der Waals surface area (Å²) in [5.41, 5.74) is 7.19. The number of carboxylic acids is 1. The Hall–Kier alpha value is -0.950. The van der Waals surface area contributed by atoms with Crippen molar-refractivity contribution in [3.8, 4) is 0 Å². The summed E-state index contributed by atoms with van der Waals surface area (Å²) in [6.45, 7) is 24.7. The smallest absolute Gasteiger partial charge is 0.307 e. The second kappa shape index (κ2) is 10.8. The zero-order chi connectivity index (χ0) is 32.0. The first-order valence-electron chi connectivity index (χ1n) is 17.2. The number of hydrogen-bond donors (Lipinski definition) is 2. The van der Waals surface area contributed by atoms with Gasteiger partial charge < -0.3 is 25.1 Å². The summed E-state index contributed by atoms with van der Waals surface area (Å²) in [5, 5.41) is 10.9. The highest BCUT2D eigenvalue weighted by atomic mass is 16.5. The number of rotatable bonds is 7. The van der Waals surface area contributed by atoms with Crippen LogP contribution in [0.3, 0.4) is 0 Å². The molecule has 0 amide bonds. The highest BCUT2D eigenvalue weighted by molar-refractivity contribution is 5.73. The van der Waals surface area contributed by atoms with Crippen LogP contribution < -0.4 is 5.73 Å². The van der Waals surface area contributed by atoms with Gasteiger partial charge in [-0.15, -0.1) is 0 Å². The first-order chi connectivity index (χ1) is 19.8. The van der Waals surface area contributed by atoms with Crippen molar-refractivity contribution in [1.82, 2.24) is 0 Å². The lowest BCUT2D eigenvalue weighted by molar-refractivity contribution is -0.268. The highest BCUT2D eigenvalue weighted by Gasteiger charge is 2.71. The quantitative estimate of drug-likeness (QED) is 0.297. The number of carboxylic acid groups (broad SMARTS) is 1. The molecule has 5 rings (SSSR count). The third-order valence-electron chi connectivity index (χ3n) is 14.9. The molecule has 246 valence electrons. The van der Waals surface area contributed by atoms with Gasteiger partial charge in [-0.25, -0.2) is 0 Å². The maximum atomic E-state index is 13.3. The van der Waals surface area contributed by atoms with Crippen LogP contribution >= 0.6 is 0 Å².